The third kappa shape index (κ3) is 3.07. The van der Waals surface area contributed by atoms with Crippen molar-refractivity contribution < 1.29 is 13.2 Å². The third-order valence-electron chi connectivity index (χ3n) is 3.19. The zero-order valence-electron chi connectivity index (χ0n) is 11.2. The van der Waals surface area contributed by atoms with E-state index in [2.05, 4.69) is 9.82 Å². The van der Waals surface area contributed by atoms with E-state index in [0.717, 1.165) is 12.8 Å². The van der Waals surface area contributed by atoms with Gasteiger partial charge in [-0.25, -0.2) is 13.1 Å². The fourth-order valence-electron chi connectivity index (χ4n) is 2.18. The summed E-state index contributed by atoms with van der Waals surface area (Å²) in [4.78, 5) is 0.0288. The van der Waals surface area contributed by atoms with Crippen LogP contribution < -0.4 is 10.5 Å². The van der Waals surface area contributed by atoms with Crippen molar-refractivity contribution in [1.29, 1.82) is 0 Å². The second-order valence-electron chi connectivity index (χ2n) is 5.06. The molecule has 7 nitrogen and oxygen atoms in total. The van der Waals surface area contributed by atoms with Crippen LogP contribution in [-0.4, -0.2) is 37.0 Å². The van der Waals surface area contributed by atoms with Crippen LogP contribution in [0.15, 0.2) is 11.1 Å². The monoisotopic (exact) mass is 288 g/mol. The molecule has 1 atom stereocenters. The smallest absolute Gasteiger partial charge is 0.246 e. The summed E-state index contributed by atoms with van der Waals surface area (Å²) in [5, 5.41) is 3.96. The van der Waals surface area contributed by atoms with E-state index in [-0.39, 0.29) is 10.7 Å². The standard InChI is InChI=1S/C11H20N4O3S/c1-3-15-7-9(10(12)13-15)19(16,17)14-11(2)5-4-6-18-8-11/h7,14H,3-6,8H2,1-2H3,(H2,12,13). The SMILES string of the molecule is CCn1cc(S(=O)(=O)NC2(C)CCCOC2)c(N)n1. The molecule has 1 aromatic rings. The normalized spacial score (nSPS) is 24.5. The molecule has 0 amide bonds. The summed E-state index contributed by atoms with van der Waals surface area (Å²) in [6.45, 7) is 5.32. The summed E-state index contributed by atoms with van der Waals surface area (Å²) >= 11 is 0. The van der Waals surface area contributed by atoms with Crippen LogP contribution in [0.4, 0.5) is 5.82 Å². The predicted molar refractivity (Wildman–Crippen MR) is 71.1 cm³/mol. The fourth-order valence-corrected chi connectivity index (χ4v) is 3.68. The van der Waals surface area contributed by atoms with Crippen LogP contribution in [0.2, 0.25) is 0 Å². The highest BCUT2D eigenvalue weighted by molar-refractivity contribution is 7.89. The number of ether oxygens (including phenoxy) is 1. The Morgan fingerprint density at radius 3 is 2.89 bits per heavy atom. The van der Waals surface area contributed by atoms with Gasteiger partial charge in [0, 0.05) is 19.3 Å². The van der Waals surface area contributed by atoms with E-state index < -0.39 is 15.6 Å². The molecule has 0 aliphatic carbocycles. The second kappa shape index (κ2) is 5.10. The van der Waals surface area contributed by atoms with Crippen molar-refractivity contribution >= 4 is 15.8 Å². The zero-order valence-corrected chi connectivity index (χ0v) is 12.0. The lowest BCUT2D eigenvalue weighted by Crippen LogP contribution is -2.51. The summed E-state index contributed by atoms with van der Waals surface area (Å²) in [6.07, 6.45) is 3.03. The first-order valence-corrected chi connectivity index (χ1v) is 7.79. The fraction of sp³-hybridized carbons (Fsp3) is 0.727. The van der Waals surface area contributed by atoms with Gasteiger partial charge in [0.15, 0.2) is 5.82 Å². The number of nitrogens with two attached hydrogens (primary N) is 1. The summed E-state index contributed by atoms with van der Waals surface area (Å²) in [5.74, 6) is 0.0228. The van der Waals surface area contributed by atoms with Crippen molar-refractivity contribution in [2.24, 2.45) is 0 Å². The number of nitrogen functional groups attached to an aromatic ring is 1. The van der Waals surface area contributed by atoms with Gasteiger partial charge in [0.25, 0.3) is 0 Å². The lowest BCUT2D eigenvalue weighted by Gasteiger charge is -2.33. The molecule has 0 radical (unpaired) electrons. The quantitative estimate of drug-likeness (QED) is 0.832. The highest BCUT2D eigenvalue weighted by atomic mass is 32.2. The molecular formula is C11H20N4O3S. The number of hydrogen-bond acceptors (Lipinski definition) is 5. The number of anilines is 1. The Balaban J connectivity index is 2.24. The van der Waals surface area contributed by atoms with Crippen molar-refractivity contribution in [2.75, 3.05) is 18.9 Å². The number of nitrogens with one attached hydrogen (secondary N) is 1. The highest BCUT2D eigenvalue weighted by Gasteiger charge is 2.34. The van der Waals surface area contributed by atoms with Gasteiger partial charge in [0.1, 0.15) is 4.90 Å². The summed E-state index contributed by atoms with van der Waals surface area (Å²) in [6, 6.07) is 0. The molecule has 0 aromatic carbocycles. The van der Waals surface area contributed by atoms with E-state index in [9.17, 15) is 8.42 Å². The first-order chi connectivity index (χ1) is 8.86. The Hall–Kier alpha value is -1.12. The molecule has 0 spiro atoms. The average Bonchev–Trinajstić information content (AvgIpc) is 2.71. The maximum absolute atomic E-state index is 12.4. The minimum Gasteiger partial charge on any atom is -0.381 e. The van der Waals surface area contributed by atoms with Crippen molar-refractivity contribution in [2.45, 2.75) is 43.7 Å². The van der Waals surface area contributed by atoms with Crippen LogP contribution in [0.5, 0.6) is 0 Å². The van der Waals surface area contributed by atoms with Gasteiger partial charge in [-0.2, -0.15) is 5.10 Å². The number of rotatable bonds is 4. The van der Waals surface area contributed by atoms with Gasteiger partial charge in [0.05, 0.1) is 12.1 Å². The average molecular weight is 288 g/mol. The number of aryl methyl sites for hydroxylation is 1. The van der Waals surface area contributed by atoms with Crippen LogP contribution in [0.1, 0.15) is 26.7 Å². The molecule has 19 heavy (non-hydrogen) atoms. The van der Waals surface area contributed by atoms with Crippen molar-refractivity contribution in [1.82, 2.24) is 14.5 Å². The van der Waals surface area contributed by atoms with Gasteiger partial charge in [-0.3, -0.25) is 4.68 Å². The molecule has 8 heteroatoms. The minimum atomic E-state index is -3.68. The van der Waals surface area contributed by atoms with Crippen LogP contribution in [0.3, 0.4) is 0 Å². The summed E-state index contributed by atoms with van der Waals surface area (Å²) < 4.78 is 34.2. The maximum atomic E-state index is 12.4. The van der Waals surface area contributed by atoms with E-state index in [1.807, 2.05) is 13.8 Å². The first kappa shape index (κ1) is 14.3. The van der Waals surface area contributed by atoms with E-state index in [4.69, 9.17) is 10.5 Å². The Morgan fingerprint density at radius 1 is 1.63 bits per heavy atom. The summed E-state index contributed by atoms with van der Waals surface area (Å²) in [7, 11) is -3.68. The van der Waals surface area contributed by atoms with Gasteiger partial charge in [-0.05, 0) is 26.7 Å². The van der Waals surface area contributed by atoms with Gasteiger partial charge in [0.2, 0.25) is 10.0 Å². The molecule has 1 fully saturated rings. The molecule has 1 unspecified atom stereocenters. The minimum absolute atomic E-state index is 0.0228. The number of aromatic nitrogens is 2. The number of sulfonamides is 1. The van der Waals surface area contributed by atoms with E-state index >= 15 is 0 Å². The molecule has 1 saturated heterocycles. The predicted octanol–water partition coefficient (Wildman–Crippen LogP) is 0.333. The third-order valence-corrected chi connectivity index (χ3v) is 4.84. The topological polar surface area (TPSA) is 99.2 Å². The number of hydrogen-bond donors (Lipinski definition) is 2. The Bertz CT molecular complexity index is 546. The molecule has 0 bridgehead atoms. The molecule has 2 heterocycles. The Labute approximate surface area is 113 Å². The van der Waals surface area contributed by atoms with Crippen LogP contribution in [0.25, 0.3) is 0 Å². The molecule has 3 N–H and O–H groups in total. The van der Waals surface area contributed by atoms with E-state index in [0.29, 0.717) is 19.8 Å². The molecule has 0 saturated carbocycles. The molecule has 1 aliphatic heterocycles. The Morgan fingerprint density at radius 2 is 2.37 bits per heavy atom. The zero-order chi connectivity index (χ0) is 14.1. The van der Waals surface area contributed by atoms with Crippen molar-refractivity contribution in [3.8, 4) is 0 Å². The molecular weight excluding hydrogens is 268 g/mol. The maximum Gasteiger partial charge on any atom is 0.246 e. The van der Waals surface area contributed by atoms with Gasteiger partial charge in [-0.1, -0.05) is 0 Å². The van der Waals surface area contributed by atoms with Crippen molar-refractivity contribution in [3.05, 3.63) is 6.20 Å². The first-order valence-electron chi connectivity index (χ1n) is 6.31. The highest BCUT2D eigenvalue weighted by Crippen LogP contribution is 2.23. The van der Waals surface area contributed by atoms with Crippen molar-refractivity contribution in [3.63, 3.8) is 0 Å². The largest absolute Gasteiger partial charge is 0.381 e. The molecule has 108 valence electrons. The van der Waals surface area contributed by atoms with Gasteiger partial charge in [-0.15, -0.1) is 0 Å². The van der Waals surface area contributed by atoms with Crippen LogP contribution in [0, 0.1) is 0 Å². The Kier molecular flexibility index (Phi) is 3.84. The van der Waals surface area contributed by atoms with Crippen LogP contribution >= 0.6 is 0 Å². The molecule has 1 aromatic heterocycles. The van der Waals surface area contributed by atoms with E-state index in [1.54, 1.807) is 0 Å². The summed E-state index contributed by atoms with van der Waals surface area (Å²) in [5.41, 5.74) is 5.08. The van der Waals surface area contributed by atoms with Gasteiger partial charge >= 0.3 is 0 Å². The lowest BCUT2D eigenvalue weighted by molar-refractivity contribution is 0.0386. The number of nitrogens with zero attached hydrogens (tertiary/aromatic N) is 2. The molecule has 1 aliphatic rings. The lowest BCUT2D eigenvalue weighted by atomic mass is 9.97. The second-order valence-corrected chi connectivity index (χ2v) is 6.71. The van der Waals surface area contributed by atoms with Gasteiger partial charge < -0.3 is 10.5 Å². The van der Waals surface area contributed by atoms with E-state index in [1.165, 1.54) is 10.9 Å². The molecule has 2 rings (SSSR count). The van der Waals surface area contributed by atoms with Crippen LogP contribution in [-0.2, 0) is 21.3 Å².